The molecule has 2 atom stereocenters. The molecule has 2 rings (SSSR count). The van der Waals surface area contributed by atoms with Gasteiger partial charge < -0.3 is 10.6 Å². The first kappa shape index (κ1) is 15.1. The molecule has 2 nitrogen and oxygen atoms in total. The maximum atomic E-state index is 13.6. The van der Waals surface area contributed by atoms with E-state index in [4.69, 9.17) is 0 Å². The van der Waals surface area contributed by atoms with Crippen molar-refractivity contribution in [3.63, 3.8) is 0 Å². The first-order chi connectivity index (χ1) is 8.70. The Labute approximate surface area is 109 Å². The van der Waals surface area contributed by atoms with Crippen LogP contribution in [0.1, 0.15) is 39.7 Å². The molecule has 18 heavy (non-hydrogen) atoms. The van der Waals surface area contributed by atoms with Crippen LogP contribution in [0.5, 0.6) is 0 Å². The highest BCUT2D eigenvalue weighted by Crippen LogP contribution is 2.25. The SMILES string of the molecule is CC.CN[C@@H]1CCN[C@H](c2ccc(F)cc2F)C1.[HH]. The fraction of sp³-hybridized carbons (Fsp3) is 0.571. The van der Waals surface area contributed by atoms with Gasteiger partial charge in [0, 0.05) is 25.1 Å². The van der Waals surface area contributed by atoms with Crippen molar-refractivity contribution >= 4 is 0 Å². The molecule has 1 saturated heterocycles. The fourth-order valence-electron chi connectivity index (χ4n) is 2.20. The smallest absolute Gasteiger partial charge is 0.130 e. The molecule has 0 aliphatic carbocycles. The maximum absolute atomic E-state index is 13.6. The summed E-state index contributed by atoms with van der Waals surface area (Å²) in [5.74, 6) is -0.989. The van der Waals surface area contributed by atoms with E-state index in [2.05, 4.69) is 10.6 Å². The minimum atomic E-state index is -0.526. The van der Waals surface area contributed by atoms with Crippen molar-refractivity contribution in [1.29, 1.82) is 0 Å². The minimum absolute atomic E-state index is 0. The van der Waals surface area contributed by atoms with Gasteiger partial charge in [0.05, 0.1) is 0 Å². The van der Waals surface area contributed by atoms with E-state index in [1.807, 2.05) is 20.9 Å². The summed E-state index contributed by atoms with van der Waals surface area (Å²) >= 11 is 0. The monoisotopic (exact) mass is 258 g/mol. The normalized spacial score (nSPS) is 23.2. The number of hydrogen-bond acceptors (Lipinski definition) is 2. The molecule has 104 valence electrons. The number of halogens is 2. The Morgan fingerprint density at radius 3 is 2.67 bits per heavy atom. The molecular formula is C14H24F2N2. The summed E-state index contributed by atoms with van der Waals surface area (Å²) in [7, 11) is 1.91. The third kappa shape index (κ3) is 3.75. The van der Waals surface area contributed by atoms with Gasteiger partial charge in [-0.2, -0.15) is 0 Å². The van der Waals surface area contributed by atoms with Crippen LogP contribution in [-0.4, -0.2) is 19.6 Å². The topological polar surface area (TPSA) is 24.1 Å². The lowest BCUT2D eigenvalue weighted by molar-refractivity contribution is 0.330. The van der Waals surface area contributed by atoms with Crippen LogP contribution in [0.2, 0.25) is 0 Å². The van der Waals surface area contributed by atoms with Gasteiger partial charge in [-0.3, -0.25) is 0 Å². The van der Waals surface area contributed by atoms with Gasteiger partial charge in [0.1, 0.15) is 11.6 Å². The molecule has 0 bridgehead atoms. The minimum Gasteiger partial charge on any atom is -0.317 e. The molecule has 0 spiro atoms. The van der Waals surface area contributed by atoms with Crippen molar-refractivity contribution in [2.45, 2.75) is 38.8 Å². The van der Waals surface area contributed by atoms with Crippen molar-refractivity contribution < 1.29 is 10.2 Å². The number of benzene rings is 1. The predicted molar refractivity (Wildman–Crippen MR) is 72.6 cm³/mol. The summed E-state index contributed by atoms with van der Waals surface area (Å²) < 4.78 is 26.4. The molecule has 1 aliphatic rings. The second kappa shape index (κ2) is 7.44. The van der Waals surface area contributed by atoms with Gasteiger partial charge in [-0.1, -0.05) is 19.9 Å². The number of hydrogen-bond donors (Lipinski definition) is 2. The van der Waals surface area contributed by atoms with E-state index in [-0.39, 0.29) is 7.47 Å². The lowest BCUT2D eigenvalue weighted by atomic mass is 9.93. The van der Waals surface area contributed by atoms with Crippen LogP contribution in [0, 0.1) is 11.6 Å². The van der Waals surface area contributed by atoms with Gasteiger partial charge in [0.25, 0.3) is 0 Å². The molecule has 4 heteroatoms. The number of nitrogens with one attached hydrogen (secondary N) is 2. The van der Waals surface area contributed by atoms with Crippen LogP contribution in [0.15, 0.2) is 18.2 Å². The van der Waals surface area contributed by atoms with E-state index in [1.54, 1.807) is 0 Å². The van der Waals surface area contributed by atoms with Crippen LogP contribution in [0.25, 0.3) is 0 Å². The molecule has 1 aromatic rings. The van der Waals surface area contributed by atoms with E-state index >= 15 is 0 Å². The van der Waals surface area contributed by atoms with Crippen molar-refractivity contribution in [3.8, 4) is 0 Å². The zero-order valence-electron chi connectivity index (χ0n) is 11.3. The second-order valence-electron chi connectivity index (χ2n) is 4.18. The molecule has 0 aromatic heterocycles. The average Bonchev–Trinajstić information content (AvgIpc) is 2.41. The standard InChI is InChI=1S/C12H16F2N2.C2H6.H2/c1-15-9-4-5-16-12(7-9)10-3-2-8(13)6-11(10)14;1-2;/h2-3,6,9,12,15-16H,4-5,7H2,1H3;1-2H3;1H/t9-,12+;;/m1../s1. The Bertz CT molecular complexity index is 374. The Hall–Kier alpha value is -1.00. The van der Waals surface area contributed by atoms with Gasteiger partial charge in [0.15, 0.2) is 0 Å². The molecule has 1 aliphatic heterocycles. The van der Waals surface area contributed by atoms with E-state index < -0.39 is 11.6 Å². The molecule has 0 unspecified atom stereocenters. The molecule has 0 radical (unpaired) electrons. The van der Waals surface area contributed by atoms with E-state index in [0.29, 0.717) is 11.6 Å². The molecule has 0 amide bonds. The predicted octanol–water partition coefficient (Wildman–Crippen LogP) is 3.25. The summed E-state index contributed by atoms with van der Waals surface area (Å²) in [5, 5.41) is 6.46. The van der Waals surface area contributed by atoms with Crippen molar-refractivity contribution in [2.24, 2.45) is 0 Å². The van der Waals surface area contributed by atoms with Crippen LogP contribution < -0.4 is 10.6 Å². The summed E-state index contributed by atoms with van der Waals surface area (Å²) in [6.07, 6.45) is 1.87. The van der Waals surface area contributed by atoms with Gasteiger partial charge in [-0.25, -0.2) is 8.78 Å². The Balaban J connectivity index is 0.00000103. The molecule has 1 fully saturated rings. The molecular weight excluding hydrogens is 234 g/mol. The molecule has 0 saturated carbocycles. The van der Waals surface area contributed by atoms with Crippen molar-refractivity contribution in [3.05, 3.63) is 35.4 Å². The lowest BCUT2D eigenvalue weighted by Gasteiger charge is -2.30. The van der Waals surface area contributed by atoms with Crippen LogP contribution >= 0.6 is 0 Å². The lowest BCUT2D eigenvalue weighted by Crippen LogP contribution is -2.40. The van der Waals surface area contributed by atoms with E-state index in [9.17, 15) is 8.78 Å². The molecule has 1 heterocycles. The third-order valence-electron chi connectivity index (χ3n) is 3.15. The Kier molecular flexibility index (Phi) is 6.22. The largest absolute Gasteiger partial charge is 0.317 e. The van der Waals surface area contributed by atoms with Gasteiger partial charge in [-0.05, 0) is 32.5 Å². The average molecular weight is 258 g/mol. The van der Waals surface area contributed by atoms with Gasteiger partial charge >= 0.3 is 0 Å². The van der Waals surface area contributed by atoms with Gasteiger partial charge in [-0.15, -0.1) is 0 Å². The summed E-state index contributed by atoms with van der Waals surface area (Å²) in [6.45, 7) is 4.85. The van der Waals surface area contributed by atoms with Crippen molar-refractivity contribution in [2.75, 3.05) is 13.6 Å². The van der Waals surface area contributed by atoms with E-state index in [0.717, 1.165) is 25.5 Å². The van der Waals surface area contributed by atoms with Crippen molar-refractivity contribution in [1.82, 2.24) is 10.6 Å². The summed E-state index contributed by atoms with van der Waals surface area (Å²) in [6, 6.07) is 4.16. The highest BCUT2D eigenvalue weighted by atomic mass is 19.1. The first-order valence-corrected chi connectivity index (χ1v) is 6.56. The zero-order valence-corrected chi connectivity index (χ0v) is 11.3. The molecule has 2 N–H and O–H groups in total. The molecule has 1 aromatic carbocycles. The van der Waals surface area contributed by atoms with E-state index in [1.165, 1.54) is 12.1 Å². The fourth-order valence-corrected chi connectivity index (χ4v) is 2.20. The highest BCUT2D eigenvalue weighted by Gasteiger charge is 2.23. The van der Waals surface area contributed by atoms with Gasteiger partial charge in [0.2, 0.25) is 0 Å². The quantitative estimate of drug-likeness (QED) is 0.851. The first-order valence-electron chi connectivity index (χ1n) is 6.56. The third-order valence-corrected chi connectivity index (χ3v) is 3.15. The Morgan fingerprint density at radius 1 is 1.33 bits per heavy atom. The highest BCUT2D eigenvalue weighted by molar-refractivity contribution is 5.23. The summed E-state index contributed by atoms with van der Waals surface area (Å²) in [4.78, 5) is 0. The zero-order chi connectivity index (χ0) is 13.5. The Morgan fingerprint density at radius 2 is 2.06 bits per heavy atom. The maximum Gasteiger partial charge on any atom is 0.130 e. The van der Waals surface area contributed by atoms with Crippen LogP contribution in [0.4, 0.5) is 8.78 Å². The number of rotatable bonds is 2. The second-order valence-corrected chi connectivity index (χ2v) is 4.18. The van der Waals surface area contributed by atoms with Crippen LogP contribution in [0.3, 0.4) is 0 Å². The summed E-state index contributed by atoms with van der Waals surface area (Å²) in [5.41, 5.74) is 0.557. The van der Waals surface area contributed by atoms with Crippen LogP contribution in [-0.2, 0) is 0 Å². The number of piperidine rings is 1.